The third-order valence-corrected chi connectivity index (χ3v) is 5.70. The Morgan fingerprint density at radius 2 is 1.42 bits per heavy atom. The summed E-state index contributed by atoms with van der Waals surface area (Å²) in [7, 11) is -2.46. The number of sulfonamides is 1. The maximum absolute atomic E-state index is 12.4. The van der Waals surface area contributed by atoms with E-state index in [-0.39, 0.29) is 22.1 Å². The number of benzene rings is 2. The lowest BCUT2D eigenvalue weighted by atomic mass is 10.1. The largest absolute Gasteiger partial charge is 0.465 e. The van der Waals surface area contributed by atoms with E-state index in [1.807, 2.05) is 0 Å². The van der Waals surface area contributed by atoms with Gasteiger partial charge in [0.15, 0.2) is 6.10 Å². The predicted octanol–water partition coefficient (Wildman–Crippen LogP) is 2.34. The Hall–Kier alpha value is -3.24. The topological polar surface area (TPSA) is 128 Å². The van der Waals surface area contributed by atoms with Gasteiger partial charge in [-0.2, -0.15) is 0 Å². The predicted molar refractivity (Wildman–Crippen MR) is 113 cm³/mol. The van der Waals surface area contributed by atoms with Crippen LogP contribution in [0.5, 0.6) is 0 Å². The molecular weight excluding hydrogens is 424 g/mol. The number of methoxy groups -OCH3 is 1. The molecule has 0 aliphatic rings. The van der Waals surface area contributed by atoms with Crippen molar-refractivity contribution in [3.05, 3.63) is 59.7 Å². The Balaban J connectivity index is 2.05. The van der Waals surface area contributed by atoms with E-state index in [1.165, 1.54) is 50.4 Å². The van der Waals surface area contributed by atoms with E-state index < -0.39 is 34.0 Å². The first kappa shape index (κ1) is 24.0. The van der Waals surface area contributed by atoms with Crippen LogP contribution in [0.1, 0.15) is 41.5 Å². The summed E-state index contributed by atoms with van der Waals surface area (Å²) < 4.78 is 36.6. The number of ether oxygens (including phenoxy) is 2. The second-order valence-corrected chi connectivity index (χ2v) is 8.59. The van der Waals surface area contributed by atoms with Crippen LogP contribution in [-0.2, 0) is 24.3 Å². The normalized spacial score (nSPS) is 12.2. The molecule has 1 unspecified atom stereocenters. The van der Waals surface area contributed by atoms with Gasteiger partial charge in [-0.25, -0.2) is 22.7 Å². The second-order valence-electron chi connectivity index (χ2n) is 6.87. The number of nitrogens with one attached hydrogen (secondary N) is 2. The molecule has 31 heavy (non-hydrogen) atoms. The summed E-state index contributed by atoms with van der Waals surface area (Å²) in [5.41, 5.74) is 0.321. The molecule has 0 fully saturated rings. The van der Waals surface area contributed by atoms with E-state index in [2.05, 4.69) is 14.8 Å². The lowest BCUT2D eigenvalue weighted by Gasteiger charge is -2.15. The van der Waals surface area contributed by atoms with Crippen molar-refractivity contribution in [2.75, 3.05) is 12.4 Å². The number of carbonyl (C=O) groups excluding carboxylic acids is 3. The molecular formula is C21H24N2O7S. The summed E-state index contributed by atoms with van der Waals surface area (Å²) in [6.45, 7) is 4.79. The van der Waals surface area contributed by atoms with Crippen LogP contribution in [0.15, 0.2) is 53.4 Å². The Labute approximate surface area is 180 Å². The molecule has 0 saturated heterocycles. The lowest BCUT2D eigenvalue weighted by molar-refractivity contribution is -0.123. The molecule has 166 valence electrons. The van der Waals surface area contributed by atoms with E-state index >= 15 is 0 Å². The molecule has 2 aromatic carbocycles. The third kappa shape index (κ3) is 6.37. The first-order valence-corrected chi connectivity index (χ1v) is 10.8. The lowest BCUT2D eigenvalue weighted by Crippen LogP contribution is -2.31. The molecule has 0 aromatic heterocycles. The zero-order valence-electron chi connectivity index (χ0n) is 17.5. The average molecular weight is 448 g/mol. The highest BCUT2D eigenvalue weighted by atomic mass is 32.2. The number of hydrogen-bond donors (Lipinski definition) is 2. The summed E-state index contributed by atoms with van der Waals surface area (Å²) in [5.74, 6) is -2.18. The first-order chi connectivity index (χ1) is 14.5. The standard InChI is InChI=1S/C21H24N2O7S/c1-13(2)23-31(27,28)16-11-9-15(10-12-16)22-19(24)14(3)30-21(26)18-8-6-5-7-17(18)20(25)29-4/h5-14,23H,1-4H3,(H,22,24). The Morgan fingerprint density at radius 3 is 1.94 bits per heavy atom. The van der Waals surface area contributed by atoms with Gasteiger partial charge in [-0.1, -0.05) is 12.1 Å². The van der Waals surface area contributed by atoms with Crippen molar-refractivity contribution >= 4 is 33.6 Å². The van der Waals surface area contributed by atoms with E-state index in [0.29, 0.717) is 5.69 Å². The molecule has 0 saturated carbocycles. The van der Waals surface area contributed by atoms with Crippen LogP contribution >= 0.6 is 0 Å². The monoisotopic (exact) mass is 448 g/mol. The molecule has 1 amide bonds. The number of anilines is 1. The van der Waals surface area contributed by atoms with Crippen molar-refractivity contribution < 1.29 is 32.3 Å². The average Bonchev–Trinajstić information content (AvgIpc) is 2.72. The van der Waals surface area contributed by atoms with Crippen molar-refractivity contribution in [3.63, 3.8) is 0 Å². The molecule has 0 aliphatic heterocycles. The molecule has 0 radical (unpaired) electrons. The maximum Gasteiger partial charge on any atom is 0.339 e. The third-order valence-electron chi connectivity index (χ3n) is 4.03. The SMILES string of the molecule is COC(=O)c1ccccc1C(=O)OC(C)C(=O)Nc1ccc(S(=O)(=O)NC(C)C)cc1. The van der Waals surface area contributed by atoms with E-state index in [0.717, 1.165) is 0 Å². The van der Waals surface area contributed by atoms with Gasteiger partial charge in [0.1, 0.15) is 0 Å². The van der Waals surface area contributed by atoms with Crippen molar-refractivity contribution in [1.29, 1.82) is 0 Å². The summed E-state index contributed by atoms with van der Waals surface area (Å²) in [4.78, 5) is 36.6. The summed E-state index contributed by atoms with van der Waals surface area (Å²) in [6.07, 6.45) is -1.18. The van der Waals surface area contributed by atoms with Gasteiger partial charge in [0.2, 0.25) is 10.0 Å². The number of hydrogen-bond acceptors (Lipinski definition) is 7. The minimum absolute atomic E-state index is 0.0226. The minimum Gasteiger partial charge on any atom is -0.465 e. The Kier molecular flexibility index (Phi) is 7.89. The molecule has 0 bridgehead atoms. The maximum atomic E-state index is 12.4. The fourth-order valence-corrected chi connectivity index (χ4v) is 3.82. The first-order valence-electron chi connectivity index (χ1n) is 9.36. The minimum atomic E-state index is -3.65. The van der Waals surface area contributed by atoms with Crippen LogP contribution in [-0.4, -0.2) is 45.5 Å². The van der Waals surface area contributed by atoms with E-state index in [9.17, 15) is 22.8 Å². The highest BCUT2D eigenvalue weighted by Crippen LogP contribution is 2.16. The van der Waals surface area contributed by atoms with Gasteiger partial charge in [0, 0.05) is 11.7 Å². The number of amides is 1. The molecule has 0 aliphatic carbocycles. The fraction of sp³-hybridized carbons (Fsp3) is 0.286. The van der Waals surface area contributed by atoms with Crippen LogP contribution in [0.2, 0.25) is 0 Å². The highest BCUT2D eigenvalue weighted by molar-refractivity contribution is 7.89. The summed E-state index contributed by atoms with van der Waals surface area (Å²) >= 11 is 0. The smallest absolute Gasteiger partial charge is 0.339 e. The number of rotatable bonds is 8. The summed E-state index contributed by atoms with van der Waals surface area (Å²) in [5, 5.41) is 2.54. The molecule has 2 rings (SSSR count). The van der Waals surface area contributed by atoms with Crippen molar-refractivity contribution in [1.82, 2.24) is 4.72 Å². The van der Waals surface area contributed by atoms with Crippen molar-refractivity contribution in [3.8, 4) is 0 Å². The molecule has 0 spiro atoms. The molecule has 2 aromatic rings. The quantitative estimate of drug-likeness (QED) is 0.593. The van der Waals surface area contributed by atoms with Crippen LogP contribution in [0.3, 0.4) is 0 Å². The van der Waals surface area contributed by atoms with Crippen molar-refractivity contribution in [2.24, 2.45) is 0 Å². The molecule has 0 heterocycles. The van der Waals surface area contributed by atoms with Gasteiger partial charge in [-0.05, 0) is 57.2 Å². The Morgan fingerprint density at radius 1 is 0.871 bits per heavy atom. The highest BCUT2D eigenvalue weighted by Gasteiger charge is 2.23. The van der Waals surface area contributed by atoms with Crippen LogP contribution in [0.25, 0.3) is 0 Å². The van der Waals surface area contributed by atoms with Crippen LogP contribution in [0, 0.1) is 0 Å². The zero-order valence-corrected chi connectivity index (χ0v) is 18.4. The van der Waals surface area contributed by atoms with Crippen molar-refractivity contribution in [2.45, 2.75) is 37.8 Å². The van der Waals surface area contributed by atoms with Gasteiger partial charge in [0.05, 0.1) is 23.1 Å². The van der Waals surface area contributed by atoms with Gasteiger partial charge in [0.25, 0.3) is 5.91 Å². The molecule has 10 heteroatoms. The second kappa shape index (κ2) is 10.2. The van der Waals surface area contributed by atoms with E-state index in [1.54, 1.807) is 26.0 Å². The van der Waals surface area contributed by atoms with Gasteiger partial charge in [-0.15, -0.1) is 0 Å². The number of esters is 2. The zero-order chi connectivity index (χ0) is 23.2. The van der Waals surface area contributed by atoms with Gasteiger partial charge in [-0.3, -0.25) is 4.79 Å². The summed E-state index contributed by atoms with van der Waals surface area (Å²) in [6, 6.07) is 11.2. The van der Waals surface area contributed by atoms with Gasteiger partial charge < -0.3 is 14.8 Å². The molecule has 2 N–H and O–H groups in total. The van der Waals surface area contributed by atoms with E-state index in [4.69, 9.17) is 4.74 Å². The molecule has 1 atom stereocenters. The molecule has 9 nitrogen and oxygen atoms in total. The Bertz CT molecular complexity index is 1060. The van der Waals surface area contributed by atoms with Crippen LogP contribution < -0.4 is 10.0 Å². The fourth-order valence-electron chi connectivity index (χ4n) is 2.57. The number of carbonyl (C=O) groups is 3. The van der Waals surface area contributed by atoms with Crippen LogP contribution in [0.4, 0.5) is 5.69 Å². The van der Waals surface area contributed by atoms with Gasteiger partial charge >= 0.3 is 11.9 Å².